The summed E-state index contributed by atoms with van der Waals surface area (Å²) in [6, 6.07) is 2.12. The van der Waals surface area contributed by atoms with Gasteiger partial charge in [-0.05, 0) is 12.5 Å². The van der Waals surface area contributed by atoms with Crippen LogP contribution in [0.4, 0.5) is 0 Å². The first-order valence-electron chi connectivity index (χ1n) is 6.12. The van der Waals surface area contributed by atoms with Gasteiger partial charge in [0.15, 0.2) is 0 Å². The van der Waals surface area contributed by atoms with E-state index in [2.05, 4.69) is 6.92 Å². The normalized spacial score (nSPS) is 12.9. The fourth-order valence-corrected chi connectivity index (χ4v) is 1.80. The highest BCUT2D eigenvalue weighted by molar-refractivity contribution is 5.10. The summed E-state index contributed by atoms with van der Waals surface area (Å²) >= 11 is 0. The molecular weight excluding hydrogens is 186 g/mol. The highest BCUT2D eigenvalue weighted by Gasteiger charge is 2.05. The molecule has 1 unspecified atom stereocenters. The van der Waals surface area contributed by atoms with Crippen molar-refractivity contribution in [1.82, 2.24) is 0 Å². The van der Waals surface area contributed by atoms with Gasteiger partial charge in [-0.1, -0.05) is 45.4 Å². The molecule has 0 fully saturated rings. The fraction of sp³-hybridized carbons (Fsp3) is 0.692. The lowest BCUT2D eigenvalue weighted by molar-refractivity contribution is 0.532. The lowest BCUT2D eigenvalue weighted by Gasteiger charge is -2.08. The van der Waals surface area contributed by atoms with Gasteiger partial charge in [0, 0.05) is 11.6 Å². The van der Waals surface area contributed by atoms with Gasteiger partial charge in [-0.3, -0.25) is 0 Å². The summed E-state index contributed by atoms with van der Waals surface area (Å²) < 4.78 is 5.02. The Kier molecular flexibility index (Phi) is 6.17. The van der Waals surface area contributed by atoms with E-state index >= 15 is 0 Å². The number of nitrogens with two attached hydrogens (primary N) is 1. The maximum Gasteiger partial charge on any atom is 0.0950 e. The van der Waals surface area contributed by atoms with Gasteiger partial charge >= 0.3 is 0 Å². The summed E-state index contributed by atoms with van der Waals surface area (Å²) in [5.41, 5.74) is 7.15. The van der Waals surface area contributed by atoms with Crippen molar-refractivity contribution in [2.45, 2.75) is 57.9 Å². The van der Waals surface area contributed by atoms with Gasteiger partial charge in [-0.2, -0.15) is 0 Å². The van der Waals surface area contributed by atoms with Crippen molar-refractivity contribution in [2.24, 2.45) is 5.73 Å². The maximum atomic E-state index is 6.02. The van der Waals surface area contributed by atoms with E-state index in [-0.39, 0.29) is 6.04 Å². The lowest BCUT2D eigenvalue weighted by Crippen LogP contribution is -2.08. The van der Waals surface area contributed by atoms with Crippen LogP contribution in [-0.2, 0) is 0 Å². The van der Waals surface area contributed by atoms with Crippen LogP contribution in [0.3, 0.4) is 0 Å². The third-order valence-electron chi connectivity index (χ3n) is 2.84. The number of furan rings is 1. The first-order valence-corrected chi connectivity index (χ1v) is 6.12. The summed E-state index contributed by atoms with van der Waals surface area (Å²) in [5.74, 6) is 0. The van der Waals surface area contributed by atoms with Crippen molar-refractivity contribution in [3.63, 3.8) is 0 Å². The Balaban J connectivity index is 2.00. The highest BCUT2D eigenvalue weighted by Crippen LogP contribution is 2.18. The van der Waals surface area contributed by atoms with E-state index in [0.29, 0.717) is 0 Å². The summed E-state index contributed by atoms with van der Waals surface area (Å²) in [6.45, 7) is 2.24. The van der Waals surface area contributed by atoms with Crippen molar-refractivity contribution in [1.29, 1.82) is 0 Å². The third kappa shape index (κ3) is 5.03. The molecule has 0 bridgehead atoms. The van der Waals surface area contributed by atoms with Gasteiger partial charge in [0.05, 0.1) is 12.5 Å². The van der Waals surface area contributed by atoms with E-state index in [0.717, 1.165) is 12.0 Å². The molecule has 0 amide bonds. The molecule has 0 spiro atoms. The van der Waals surface area contributed by atoms with Crippen molar-refractivity contribution < 1.29 is 4.42 Å². The average Bonchev–Trinajstić information content (AvgIpc) is 2.76. The second-order valence-electron chi connectivity index (χ2n) is 4.22. The zero-order chi connectivity index (χ0) is 10.9. The van der Waals surface area contributed by atoms with E-state index in [4.69, 9.17) is 10.2 Å². The molecule has 0 aliphatic rings. The molecule has 1 heterocycles. The van der Waals surface area contributed by atoms with Crippen LogP contribution in [-0.4, -0.2) is 0 Å². The molecule has 15 heavy (non-hydrogen) atoms. The molecule has 2 N–H and O–H groups in total. The molecule has 0 aromatic carbocycles. The van der Waals surface area contributed by atoms with E-state index in [1.165, 1.54) is 38.5 Å². The minimum atomic E-state index is 0.162. The van der Waals surface area contributed by atoms with E-state index < -0.39 is 0 Å². The number of unbranched alkanes of at least 4 members (excludes halogenated alkanes) is 5. The zero-order valence-electron chi connectivity index (χ0n) is 9.74. The Morgan fingerprint density at radius 1 is 1.20 bits per heavy atom. The number of hydrogen-bond acceptors (Lipinski definition) is 2. The van der Waals surface area contributed by atoms with Crippen LogP contribution in [0.15, 0.2) is 23.0 Å². The van der Waals surface area contributed by atoms with Crippen LogP contribution in [0.25, 0.3) is 0 Å². The standard InChI is InChI=1S/C13H23NO/c1-2-3-4-5-6-7-8-13(14)12-9-10-15-11-12/h9-11,13H,2-8,14H2,1H3. The molecule has 0 aliphatic carbocycles. The SMILES string of the molecule is CCCCCCCCC(N)c1ccoc1. The predicted octanol–water partition coefficient (Wildman–Crippen LogP) is 4.03. The Labute approximate surface area is 92.9 Å². The minimum absolute atomic E-state index is 0.162. The first-order chi connectivity index (χ1) is 7.34. The largest absolute Gasteiger partial charge is 0.472 e. The van der Waals surface area contributed by atoms with E-state index in [1.54, 1.807) is 12.5 Å². The minimum Gasteiger partial charge on any atom is -0.472 e. The summed E-state index contributed by atoms with van der Waals surface area (Å²) in [7, 11) is 0. The number of hydrogen-bond donors (Lipinski definition) is 1. The smallest absolute Gasteiger partial charge is 0.0950 e. The molecule has 0 radical (unpaired) electrons. The zero-order valence-corrected chi connectivity index (χ0v) is 9.74. The highest BCUT2D eigenvalue weighted by atomic mass is 16.3. The Morgan fingerprint density at radius 2 is 1.93 bits per heavy atom. The summed E-state index contributed by atoms with van der Waals surface area (Å²) in [5, 5.41) is 0. The van der Waals surface area contributed by atoms with Crippen LogP contribution in [0.2, 0.25) is 0 Å². The summed E-state index contributed by atoms with van der Waals surface area (Å²) in [6.07, 6.45) is 12.5. The first kappa shape index (κ1) is 12.3. The molecule has 1 rings (SSSR count). The van der Waals surface area contributed by atoms with Gasteiger partial charge in [0.1, 0.15) is 0 Å². The molecule has 2 nitrogen and oxygen atoms in total. The second-order valence-corrected chi connectivity index (χ2v) is 4.22. The van der Waals surface area contributed by atoms with E-state index in [9.17, 15) is 0 Å². The molecular formula is C13H23NO. The molecule has 0 aliphatic heterocycles. The topological polar surface area (TPSA) is 39.2 Å². The predicted molar refractivity (Wildman–Crippen MR) is 63.6 cm³/mol. The molecule has 1 aromatic heterocycles. The van der Waals surface area contributed by atoms with Crippen molar-refractivity contribution in [2.75, 3.05) is 0 Å². The quantitative estimate of drug-likeness (QED) is 0.656. The van der Waals surface area contributed by atoms with Crippen LogP contribution in [0.1, 0.15) is 63.5 Å². The van der Waals surface area contributed by atoms with Gasteiger partial charge in [-0.25, -0.2) is 0 Å². The summed E-state index contributed by atoms with van der Waals surface area (Å²) in [4.78, 5) is 0. The van der Waals surface area contributed by atoms with Crippen LogP contribution in [0.5, 0.6) is 0 Å². The molecule has 1 aromatic rings. The van der Waals surface area contributed by atoms with Crippen molar-refractivity contribution >= 4 is 0 Å². The lowest BCUT2D eigenvalue weighted by atomic mass is 10.0. The van der Waals surface area contributed by atoms with Crippen molar-refractivity contribution in [3.8, 4) is 0 Å². The monoisotopic (exact) mass is 209 g/mol. The molecule has 2 heteroatoms. The molecule has 0 saturated carbocycles. The maximum absolute atomic E-state index is 6.02. The van der Waals surface area contributed by atoms with Gasteiger partial charge < -0.3 is 10.2 Å². The average molecular weight is 209 g/mol. The van der Waals surface area contributed by atoms with Gasteiger partial charge in [0.25, 0.3) is 0 Å². The van der Waals surface area contributed by atoms with Crippen molar-refractivity contribution in [3.05, 3.63) is 24.2 Å². The fourth-order valence-electron chi connectivity index (χ4n) is 1.80. The van der Waals surface area contributed by atoms with E-state index in [1.807, 2.05) is 6.07 Å². The Hall–Kier alpha value is -0.760. The van der Waals surface area contributed by atoms with Gasteiger partial charge in [0.2, 0.25) is 0 Å². The van der Waals surface area contributed by atoms with Gasteiger partial charge in [-0.15, -0.1) is 0 Å². The molecule has 0 saturated heterocycles. The van der Waals surface area contributed by atoms with Crippen LogP contribution < -0.4 is 5.73 Å². The second kappa shape index (κ2) is 7.52. The molecule has 1 atom stereocenters. The Morgan fingerprint density at radius 3 is 2.60 bits per heavy atom. The van der Waals surface area contributed by atoms with Crippen LogP contribution >= 0.6 is 0 Å². The third-order valence-corrected chi connectivity index (χ3v) is 2.84. The molecule has 86 valence electrons. The van der Waals surface area contributed by atoms with Crippen LogP contribution in [0, 0.1) is 0 Å². The number of rotatable bonds is 8. The Bertz CT molecular complexity index is 231.